The molecule has 2 rings (SSSR count). The molecule has 1 fully saturated rings. The lowest BCUT2D eigenvalue weighted by Crippen LogP contribution is -2.29. The van der Waals surface area contributed by atoms with E-state index >= 15 is 0 Å². The smallest absolute Gasteiger partial charge is 0.275 e. The van der Waals surface area contributed by atoms with Crippen molar-refractivity contribution in [1.29, 1.82) is 0 Å². The van der Waals surface area contributed by atoms with Gasteiger partial charge in [-0.15, -0.1) is 0 Å². The topological polar surface area (TPSA) is 66.3 Å². The summed E-state index contributed by atoms with van der Waals surface area (Å²) in [5.41, 5.74) is 0.374. The summed E-state index contributed by atoms with van der Waals surface area (Å²) in [6.45, 7) is 1.02. The molecule has 5 nitrogen and oxygen atoms in total. The molecule has 1 atom stereocenters. The number of aliphatic hydroxyl groups excluding tert-OH is 1. The molecule has 1 aromatic rings. The fourth-order valence-electron chi connectivity index (χ4n) is 1.35. The molecule has 0 saturated carbocycles. The Labute approximate surface area is 79.3 Å². The number of hydrogen-bond acceptors (Lipinski definition) is 5. The normalized spacial score (nSPS) is 22.2. The van der Waals surface area contributed by atoms with Gasteiger partial charge in [-0.2, -0.15) is 8.75 Å². The van der Waals surface area contributed by atoms with E-state index in [4.69, 9.17) is 0 Å². The van der Waals surface area contributed by atoms with Crippen molar-refractivity contribution in [3.63, 3.8) is 0 Å². The largest absolute Gasteiger partial charge is 0.391 e. The predicted octanol–water partition coefficient (Wildman–Crippen LogP) is -0.255. The highest BCUT2D eigenvalue weighted by Crippen LogP contribution is 2.12. The average molecular weight is 199 g/mol. The maximum Gasteiger partial charge on any atom is 0.275 e. The molecule has 0 bridgehead atoms. The molecule has 1 N–H and O–H groups in total. The Hall–Kier alpha value is -1.01. The first-order chi connectivity index (χ1) is 6.27. The number of nitrogens with zero attached hydrogens (tertiary/aromatic N) is 3. The van der Waals surface area contributed by atoms with Crippen LogP contribution in [0, 0.1) is 0 Å². The summed E-state index contributed by atoms with van der Waals surface area (Å²) in [6, 6.07) is 0. The van der Waals surface area contributed by atoms with Gasteiger partial charge in [-0.25, -0.2) is 0 Å². The third kappa shape index (κ3) is 1.68. The number of likely N-dealkylation sites (tertiary alicyclic amines) is 1. The third-order valence-corrected chi connectivity index (χ3v) is 2.51. The van der Waals surface area contributed by atoms with E-state index in [0.717, 1.165) is 11.7 Å². The van der Waals surface area contributed by atoms with Crippen molar-refractivity contribution in [2.45, 2.75) is 12.5 Å². The van der Waals surface area contributed by atoms with Crippen LogP contribution in [0.5, 0.6) is 0 Å². The van der Waals surface area contributed by atoms with Gasteiger partial charge in [-0.3, -0.25) is 4.79 Å². The maximum absolute atomic E-state index is 11.6. The quantitative estimate of drug-likeness (QED) is 0.677. The van der Waals surface area contributed by atoms with Gasteiger partial charge in [0.15, 0.2) is 5.69 Å². The molecular formula is C7H9N3O2S. The van der Waals surface area contributed by atoms with Crippen molar-refractivity contribution in [3.8, 4) is 0 Å². The Morgan fingerprint density at radius 3 is 3.15 bits per heavy atom. The summed E-state index contributed by atoms with van der Waals surface area (Å²) in [4.78, 5) is 13.2. The van der Waals surface area contributed by atoms with Crippen LogP contribution in [-0.4, -0.2) is 43.9 Å². The number of carbonyl (C=O) groups is 1. The summed E-state index contributed by atoms with van der Waals surface area (Å²) in [5, 5.41) is 9.22. The van der Waals surface area contributed by atoms with Crippen molar-refractivity contribution in [1.82, 2.24) is 13.6 Å². The van der Waals surface area contributed by atoms with Crippen LogP contribution in [0.3, 0.4) is 0 Å². The van der Waals surface area contributed by atoms with Crippen molar-refractivity contribution in [3.05, 3.63) is 11.9 Å². The highest BCUT2D eigenvalue weighted by molar-refractivity contribution is 6.99. The van der Waals surface area contributed by atoms with Crippen LogP contribution in [0.4, 0.5) is 0 Å². The van der Waals surface area contributed by atoms with E-state index in [-0.39, 0.29) is 12.0 Å². The van der Waals surface area contributed by atoms with Crippen LogP contribution in [-0.2, 0) is 0 Å². The minimum absolute atomic E-state index is 0.134. The molecule has 0 aliphatic carbocycles. The number of β-amino-alcohol motifs (C(OH)–C–C–N with tert-alkyl or cyclic N) is 1. The molecule has 13 heavy (non-hydrogen) atoms. The monoisotopic (exact) mass is 199 g/mol. The van der Waals surface area contributed by atoms with E-state index in [1.165, 1.54) is 6.20 Å². The Kier molecular flexibility index (Phi) is 2.24. The summed E-state index contributed by atoms with van der Waals surface area (Å²) < 4.78 is 7.60. The number of carbonyl (C=O) groups excluding carboxylic acids is 1. The van der Waals surface area contributed by atoms with Gasteiger partial charge < -0.3 is 10.0 Å². The van der Waals surface area contributed by atoms with Gasteiger partial charge in [0.2, 0.25) is 0 Å². The van der Waals surface area contributed by atoms with E-state index in [0.29, 0.717) is 25.2 Å². The summed E-state index contributed by atoms with van der Waals surface area (Å²) >= 11 is 1.02. The summed E-state index contributed by atoms with van der Waals surface area (Å²) in [5.74, 6) is -0.134. The van der Waals surface area contributed by atoms with E-state index < -0.39 is 0 Å². The van der Waals surface area contributed by atoms with Gasteiger partial charge in [-0.1, -0.05) is 0 Å². The third-order valence-electron chi connectivity index (χ3n) is 2.03. The Morgan fingerprint density at radius 1 is 1.77 bits per heavy atom. The average Bonchev–Trinajstić information content (AvgIpc) is 2.72. The van der Waals surface area contributed by atoms with Crippen molar-refractivity contribution in [2.75, 3.05) is 13.1 Å². The first-order valence-corrected chi connectivity index (χ1v) is 4.75. The molecule has 6 heteroatoms. The SMILES string of the molecule is O=C(c1cnsn1)N1CCC(O)C1. The zero-order chi connectivity index (χ0) is 9.26. The lowest BCUT2D eigenvalue weighted by atomic mass is 10.3. The van der Waals surface area contributed by atoms with Crippen LogP contribution in [0.15, 0.2) is 6.20 Å². The van der Waals surface area contributed by atoms with E-state index in [2.05, 4.69) is 8.75 Å². The predicted molar refractivity (Wildman–Crippen MR) is 46.4 cm³/mol. The minimum atomic E-state index is -0.379. The molecule has 1 unspecified atom stereocenters. The zero-order valence-corrected chi connectivity index (χ0v) is 7.70. The van der Waals surface area contributed by atoms with Crippen LogP contribution in [0.1, 0.15) is 16.9 Å². The molecule has 0 radical (unpaired) electrons. The molecule has 1 saturated heterocycles. The first-order valence-electron chi connectivity index (χ1n) is 4.02. The van der Waals surface area contributed by atoms with Crippen LogP contribution < -0.4 is 0 Å². The fraction of sp³-hybridized carbons (Fsp3) is 0.571. The van der Waals surface area contributed by atoms with Crippen molar-refractivity contribution in [2.24, 2.45) is 0 Å². The standard InChI is InChI=1S/C7H9N3O2S/c11-5-1-2-10(4-5)7(12)6-3-8-13-9-6/h3,5,11H,1-2,4H2. The van der Waals surface area contributed by atoms with Crippen LogP contribution in [0.2, 0.25) is 0 Å². The van der Waals surface area contributed by atoms with Gasteiger partial charge in [-0.05, 0) is 6.42 Å². The van der Waals surface area contributed by atoms with Gasteiger partial charge in [0.1, 0.15) is 0 Å². The lowest BCUT2D eigenvalue weighted by Gasteiger charge is -2.12. The maximum atomic E-state index is 11.6. The van der Waals surface area contributed by atoms with E-state index in [1.54, 1.807) is 4.90 Å². The Balaban J connectivity index is 2.06. The van der Waals surface area contributed by atoms with Gasteiger partial charge in [0.05, 0.1) is 24.0 Å². The molecular weight excluding hydrogens is 190 g/mol. The highest BCUT2D eigenvalue weighted by atomic mass is 32.1. The molecule has 1 aromatic heterocycles. The number of rotatable bonds is 1. The molecule has 70 valence electrons. The van der Waals surface area contributed by atoms with E-state index in [1.807, 2.05) is 0 Å². The fourth-order valence-corrected chi connectivity index (χ4v) is 1.75. The van der Waals surface area contributed by atoms with Gasteiger partial charge in [0, 0.05) is 13.1 Å². The van der Waals surface area contributed by atoms with Crippen LogP contribution >= 0.6 is 11.7 Å². The molecule has 0 spiro atoms. The number of aromatic nitrogens is 2. The summed E-state index contributed by atoms with van der Waals surface area (Å²) in [7, 11) is 0. The molecule has 0 aromatic carbocycles. The zero-order valence-electron chi connectivity index (χ0n) is 6.88. The molecule has 2 heterocycles. The van der Waals surface area contributed by atoms with E-state index in [9.17, 15) is 9.90 Å². The second-order valence-corrected chi connectivity index (χ2v) is 3.54. The first kappa shape index (κ1) is 8.58. The van der Waals surface area contributed by atoms with Gasteiger partial charge >= 0.3 is 0 Å². The molecule has 1 aliphatic heterocycles. The van der Waals surface area contributed by atoms with Crippen molar-refractivity contribution < 1.29 is 9.90 Å². The second kappa shape index (κ2) is 3.39. The number of hydrogen-bond donors (Lipinski definition) is 1. The van der Waals surface area contributed by atoms with Crippen LogP contribution in [0.25, 0.3) is 0 Å². The molecule has 1 amide bonds. The highest BCUT2D eigenvalue weighted by Gasteiger charge is 2.26. The Morgan fingerprint density at radius 2 is 2.62 bits per heavy atom. The van der Waals surface area contributed by atoms with Crippen molar-refractivity contribution >= 4 is 17.6 Å². The molecule has 1 aliphatic rings. The lowest BCUT2D eigenvalue weighted by molar-refractivity contribution is 0.0760. The Bertz CT molecular complexity index is 301. The second-order valence-electron chi connectivity index (χ2n) is 2.99. The number of aliphatic hydroxyl groups is 1. The van der Waals surface area contributed by atoms with Gasteiger partial charge in [0.25, 0.3) is 5.91 Å². The summed E-state index contributed by atoms with van der Waals surface area (Å²) in [6.07, 6.45) is 1.73. The number of amides is 1. The minimum Gasteiger partial charge on any atom is -0.391 e.